The minimum absolute atomic E-state index is 0.274. The van der Waals surface area contributed by atoms with Crippen molar-refractivity contribution >= 4 is 56.5 Å². The van der Waals surface area contributed by atoms with Crippen LogP contribution in [-0.2, 0) is 4.74 Å². The Morgan fingerprint density at radius 2 is 2.11 bits per heavy atom. The number of benzene rings is 1. The number of carbonyl (C=O) groups is 1. The van der Waals surface area contributed by atoms with Crippen LogP contribution in [0.5, 0.6) is 11.5 Å². The molecule has 0 saturated carbocycles. The molecular formula is C18H18N4O4S2. The van der Waals surface area contributed by atoms with Gasteiger partial charge in [0.15, 0.2) is 16.7 Å². The van der Waals surface area contributed by atoms with E-state index in [0.29, 0.717) is 56.5 Å². The number of esters is 1. The van der Waals surface area contributed by atoms with Crippen LogP contribution in [0.1, 0.15) is 16.6 Å². The van der Waals surface area contributed by atoms with Crippen molar-refractivity contribution in [2.24, 2.45) is 0 Å². The fourth-order valence-electron chi connectivity index (χ4n) is 2.79. The summed E-state index contributed by atoms with van der Waals surface area (Å²) < 4.78 is 16.3. The second-order valence-corrected chi connectivity index (χ2v) is 7.56. The zero-order chi connectivity index (χ0) is 19.7. The van der Waals surface area contributed by atoms with E-state index >= 15 is 0 Å². The summed E-state index contributed by atoms with van der Waals surface area (Å²) in [5, 5.41) is 4.44. The number of fused-ring (bicyclic) bond motifs is 2. The maximum absolute atomic E-state index is 12.2. The molecule has 0 fully saturated rings. The number of rotatable bonds is 5. The molecule has 1 aliphatic heterocycles. The van der Waals surface area contributed by atoms with E-state index in [0.717, 1.165) is 5.69 Å². The molecular weight excluding hydrogens is 400 g/mol. The van der Waals surface area contributed by atoms with Gasteiger partial charge in [-0.15, -0.1) is 11.3 Å². The minimum Gasteiger partial charge on any atom is -0.486 e. The molecule has 3 N–H and O–H groups in total. The third-order valence-electron chi connectivity index (χ3n) is 4.02. The van der Waals surface area contributed by atoms with Gasteiger partial charge < -0.3 is 25.3 Å². The average molecular weight is 419 g/mol. The summed E-state index contributed by atoms with van der Waals surface area (Å²) in [6.07, 6.45) is 1.89. The third-order valence-corrected chi connectivity index (χ3v) is 5.64. The van der Waals surface area contributed by atoms with Crippen LogP contribution < -0.4 is 20.5 Å². The predicted molar refractivity (Wildman–Crippen MR) is 110 cm³/mol. The van der Waals surface area contributed by atoms with Gasteiger partial charge in [0, 0.05) is 11.8 Å². The Morgan fingerprint density at radius 3 is 2.86 bits per heavy atom. The van der Waals surface area contributed by atoms with Crippen molar-refractivity contribution in [2.75, 3.05) is 37.1 Å². The number of ether oxygens (including phenoxy) is 3. The number of hydrogen-bond donors (Lipinski definition) is 2. The van der Waals surface area contributed by atoms with Crippen LogP contribution in [0.25, 0.3) is 10.2 Å². The maximum atomic E-state index is 12.2. The topological polar surface area (TPSA) is 109 Å². The van der Waals surface area contributed by atoms with Crippen LogP contribution in [0.15, 0.2) is 23.4 Å². The molecule has 0 amide bonds. The molecule has 146 valence electrons. The number of nitrogens with zero attached hydrogens (tertiary/aromatic N) is 2. The Hall–Kier alpha value is -2.72. The number of hydrogen-bond acceptors (Lipinski definition) is 10. The molecule has 0 atom stereocenters. The Morgan fingerprint density at radius 1 is 1.32 bits per heavy atom. The average Bonchev–Trinajstić information content (AvgIpc) is 3.05. The molecule has 4 rings (SSSR count). The number of carbonyl (C=O) groups excluding carboxylic acids is 1. The minimum atomic E-state index is -0.459. The predicted octanol–water partition coefficient (Wildman–Crippen LogP) is 3.69. The van der Waals surface area contributed by atoms with Crippen LogP contribution in [0.2, 0.25) is 0 Å². The summed E-state index contributed by atoms with van der Waals surface area (Å²) in [5.74, 6) is 1.43. The lowest BCUT2D eigenvalue weighted by molar-refractivity contribution is 0.0533. The lowest BCUT2D eigenvalue weighted by Gasteiger charge is -2.19. The molecule has 0 aliphatic carbocycles. The first-order valence-corrected chi connectivity index (χ1v) is 10.6. The zero-order valence-corrected chi connectivity index (χ0v) is 16.9. The van der Waals surface area contributed by atoms with E-state index in [-0.39, 0.29) is 6.61 Å². The molecule has 0 radical (unpaired) electrons. The third kappa shape index (κ3) is 3.40. The van der Waals surface area contributed by atoms with Gasteiger partial charge in [-0.2, -0.15) is 0 Å². The van der Waals surface area contributed by atoms with Gasteiger partial charge in [0.05, 0.1) is 17.7 Å². The van der Waals surface area contributed by atoms with Gasteiger partial charge in [-0.3, -0.25) is 0 Å². The number of aromatic nitrogens is 2. The second-order valence-electron chi connectivity index (χ2n) is 5.79. The van der Waals surface area contributed by atoms with Crippen molar-refractivity contribution in [3.63, 3.8) is 0 Å². The van der Waals surface area contributed by atoms with E-state index in [1.165, 1.54) is 23.1 Å². The highest BCUT2D eigenvalue weighted by Crippen LogP contribution is 2.40. The first-order chi connectivity index (χ1) is 13.6. The molecule has 10 heteroatoms. The smallest absolute Gasteiger partial charge is 0.350 e. The van der Waals surface area contributed by atoms with Crippen LogP contribution >= 0.6 is 23.1 Å². The number of thiophene rings is 1. The standard InChI is InChI=1S/C18H18N4O4S2/c1-3-24-17(23)14-13(19)12-15(21-18(27-2)22-16(12)28-14)20-9-4-5-10-11(8-9)26-7-6-25-10/h4-5,8H,3,6-7,19H2,1-2H3,(H,20,21,22). The number of nitrogens with two attached hydrogens (primary N) is 1. The molecule has 0 bridgehead atoms. The maximum Gasteiger partial charge on any atom is 0.350 e. The van der Waals surface area contributed by atoms with Gasteiger partial charge in [-0.05, 0) is 25.3 Å². The lowest BCUT2D eigenvalue weighted by atomic mass is 10.2. The number of thioether (sulfide) groups is 1. The monoisotopic (exact) mass is 418 g/mol. The quantitative estimate of drug-likeness (QED) is 0.364. The second kappa shape index (κ2) is 7.72. The van der Waals surface area contributed by atoms with Gasteiger partial charge in [-0.1, -0.05) is 11.8 Å². The molecule has 1 aromatic carbocycles. The Kier molecular flexibility index (Phi) is 5.14. The van der Waals surface area contributed by atoms with Gasteiger partial charge >= 0.3 is 5.97 Å². The Labute approximate surface area is 169 Å². The van der Waals surface area contributed by atoms with E-state index in [9.17, 15) is 4.79 Å². The zero-order valence-electron chi connectivity index (χ0n) is 15.3. The van der Waals surface area contributed by atoms with E-state index in [1.54, 1.807) is 6.92 Å². The number of nitrogens with one attached hydrogen (secondary N) is 1. The van der Waals surface area contributed by atoms with Crippen molar-refractivity contribution in [1.82, 2.24) is 9.97 Å². The SMILES string of the molecule is CCOC(=O)c1sc2nc(SC)nc(Nc3ccc4c(c3)OCCO4)c2c1N. The van der Waals surface area contributed by atoms with E-state index in [4.69, 9.17) is 19.9 Å². The molecule has 0 spiro atoms. The summed E-state index contributed by atoms with van der Waals surface area (Å²) >= 11 is 2.61. The highest BCUT2D eigenvalue weighted by molar-refractivity contribution is 7.98. The molecule has 28 heavy (non-hydrogen) atoms. The molecule has 0 saturated heterocycles. The lowest BCUT2D eigenvalue weighted by Crippen LogP contribution is -2.15. The van der Waals surface area contributed by atoms with E-state index in [1.807, 2.05) is 24.5 Å². The molecule has 2 aromatic heterocycles. The van der Waals surface area contributed by atoms with Gasteiger partial charge in [0.1, 0.15) is 28.7 Å². The Balaban J connectivity index is 1.78. The summed E-state index contributed by atoms with van der Waals surface area (Å²) in [6.45, 7) is 3.06. The molecule has 3 heterocycles. The van der Waals surface area contributed by atoms with Gasteiger partial charge in [0.2, 0.25) is 0 Å². The number of anilines is 3. The molecule has 8 nitrogen and oxygen atoms in total. The first kappa shape index (κ1) is 18.6. The van der Waals surface area contributed by atoms with Crippen LogP contribution in [0.3, 0.4) is 0 Å². The summed E-state index contributed by atoms with van der Waals surface area (Å²) in [4.78, 5) is 22.2. The fraction of sp³-hybridized carbons (Fsp3) is 0.278. The normalized spacial score (nSPS) is 12.8. The van der Waals surface area contributed by atoms with Crippen LogP contribution in [-0.4, -0.2) is 42.0 Å². The van der Waals surface area contributed by atoms with Crippen LogP contribution in [0.4, 0.5) is 17.2 Å². The van der Waals surface area contributed by atoms with Crippen molar-refractivity contribution in [3.8, 4) is 11.5 Å². The van der Waals surface area contributed by atoms with Crippen molar-refractivity contribution in [2.45, 2.75) is 12.1 Å². The molecule has 3 aromatic rings. The van der Waals surface area contributed by atoms with Gasteiger partial charge in [0.25, 0.3) is 0 Å². The summed E-state index contributed by atoms with van der Waals surface area (Å²) in [5.41, 5.74) is 7.34. The fourth-order valence-corrected chi connectivity index (χ4v) is 4.20. The van der Waals surface area contributed by atoms with Crippen molar-refractivity contribution in [1.29, 1.82) is 0 Å². The largest absolute Gasteiger partial charge is 0.486 e. The highest BCUT2D eigenvalue weighted by Gasteiger charge is 2.23. The number of nitrogen functional groups attached to an aromatic ring is 1. The Bertz CT molecular complexity index is 1050. The first-order valence-electron chi connectivity index (χ1n) is 8.58. The molecule has 0 unspecified atom stereocenters. The van der Waals surface area contributed by atoms with E-state index < -0.39 is 5.97 Å². The van der Waals surface area contributed by atoms with Crippen LogP contribution in [0, 0.1) is 0 Å². The van der Waals surface area contributed by atoms with Crippen molar-refractivity contribution < 1.29 is 19.0 Å². The summed E-state index contributed by atoms with van der Waals surface area (Å²) in [7, 11) is 0. The van der Waals surface area contributed by atoms with Gasteiger partial charge in [-0.25, -0.2) is 14.8 Å². The highest BCUT2D eigenvalue weighted by atomic mass is 32.2. The van der Waals surface area contributed by atoms with E-state index in [2.05, 4.69) is 15.3 Å². The summed E-state index contributed by atoms with van der Waals surface area (Å²) in [6, 6.07) is 5.55. The molecule has 1 aliphatic rings. The van der Waals surface area contributed by atoms with Crippen molar-refractivity contribution in [3.05, 3.63) is 23.1 Å².